The van der Waals surface area contributed by atoms with Crippen molar-refractivity contribution in [2.24, 2.45) is 0 Å². The maximum absolute atomic E-state index is 11.3. The van der Waals surface area contributed by atoms with Gasteiger partial charge in [-0.1, -0.05) is 11.6 Å². The van der Waals surface area contributed by atoms with Crippen LogP contribution in [0.2, 0.25) is 5.02 Å². The van der Waals surface area contributed by atoms with Gasteiger partial charge in [-0.2, -0.15) is 0 Å². The largest absolute Gasteiger partial charge is 0.293 e. The lowest BCUT2D eigenvalue weighted by Gasteiger charge is -2.04. The van der Waals surface area contributed by atoms with Gasteiger partial charge in [-0.3, -0.25) is 4.79 Å². The number of rotatable bonds is 2. The third kappa shape index (κ3) is 2.69. The van der Waals surface area contributed by atoms with Crippen LogP contribution >= 0.6 is 55.1 Å². The highest BCUT2D eigenvalue weighted by molar-refractivity contribution is 9.11. The van der Waals surface area contributed by atoms with Crippen molar-refractivity contribution in [3.8, 4) is 0 Å². The number of Topliss-reactive ketones (excluding diaryl/α,β-unsaturated/α-hetero) is 1. The molecule has 0 spiro atoms. The maximum atomic E-state index is 11.3. The van der Waals surface area contributed by atoms with Gasteiger partial charge in [-0.15, -0.1) is 11.6 Å². The van der Waals surface area contributed by atoms with Gasteiger partial charge in [0.2, 0.25) is 0 Å². The predicted molar refractivity (Wildman–Crippen MR) is 61.9 cm³/mol. The van der Waals surface area contributed by atoms with Gasteiger partial charge in [-0.05, 0) is 44.0 Å². The molecule has 1 rings (SSSR count). The average molecular weight is 347 g/mol. The minimum atomic E-state index is -0.142. The molecule has 5 heteroatoms. The molecule has 0 heterocycles. The van der Waals surface area contributed by atoms with E-state index >= 15 is 0 Å². The molecule has 0 aliphatic carbocycles. The zero-order chi connectivity index (χ0) is 10.0. The average Bonchev–Trinajstić information content (AvgIpc) is 2.02. The minimum Gasteiger partial charge on any atom is -0.293 e. The Kier molecular flexibility index (Phi) is 4.23. The van der Waals surface area contributed by atoms with Crippen molar-refractivity contribution in [1.82, 2.24) is 0 Å². The molecule has 0 bridgehead atoms. The lowest BCUT2D eigenvalue weighted by atomic mass is 10.1. The first-order chi connectivity index (χ1) is 6.06. The first-order valence-electron chi connectivity index (χ1n) is 3.30. The van der Waals surface area contributed by atoms with Gasteiger partial charge in [0.25, 0.3) is 0 Å². The molecular weight excluding hydrogens is 343 g/mol. The number of carbonyl (C=O) groups excluding carboxylic acids is 1. The predicted octanol–water partition coefficient (Wildman–Crippen LogP) is 4.29. The quantitative estimate of drug-likeness (QED) is 0.577. The summed E-state index contributed by atoms with van der Waals surface area (Å²) in [5.41, 5.74) is 0.527. The molecule has 0 aliphatic rings. The summed E-state index contributed by atoms with van der Waals surface area (Å²) in [4.78, 5) is 11.3. The molecule has 0 saturated heterocycles. The molecule has 0 amide bonds. The van der Waals surface area contributed by atoms with Crippen molar-refractivity contribution in [3.63, 3.8) is 0 Å². The van der Waals surface area contributed by atoms with Crippen LogP contribution in [0.1, 0.15) is 10.4 Å². The van der Waals surface area contributed by atoms with E-state index in [1.54, 1.807) is 12.1 Å². The van der Waals surface area contributed by atoms with Crippen molar-refractivity contribution in [2.45, 2.75) is 0 Å². The summed E-state index contributed by atoms with van der Waals surface area (Å²) in [6.45, 7) is 0. The van der Waals surface area contributed by atoms with Gasteiger partial charge in [0.05, 0.1) is 5.88 Å². The Bertz CT molecular complexity index is 329. The summed E-state index contributed by atoms with van der Waals surface area (Å²) in [5.74, 6) is -0.184. The van der Waals surface area contributed by atoms with E-state index in [-0.39, 0.29) is 11.7 Å². The van der Waals surface area contributed by atoms with Gasteiger partial charge < -0.3 is 0 Å². The number of alkyl halides is 1. The van der Waals surface area contributed by atoms with Crippen LogP contribution in [0.3, 0.4) is 0 Å². The fourth-order valence-electron chi connectivity index (χ4n) is 0.875. The van der Waals surface area contributed by atoms with E-state index in [1.807, 2.05) is 0 Å². The van der Waals surface area contributed by atoms with Crippen LogP contribution in [0, 0.1) is 0 Å². The van der Waals surface area contributed by atoms with Gasteiger partial charge in [0.15, 0.2) is 5.78 Å². The molecule has 0 atom stereocenters. The van der Waals surface area contributed by atoms with E-state index in [0.29, 0.717) is 19.5 Å². The van der Waals surface area contributed by atoms with Crippen LogP contribution < -0.4 is 0 Å². The van der Waals surface area contributed by atoms with Gasteiger partial charge >= 0.3 is 0 Å². The zero-order valence-corrected chi connectivity index (χ0v) is 11.0. The summed E-state index contributed by atoms with van der Waals surface area (Å²) in [6.07, 6.45) is 0. The fraction of sp³-hybridized carbons (Fsp3) is 0.125. The SMILES string of the molecule is O=C(CCl)c1c(Br)cc(Cl)cc1Br. The van der Waals surface area contributed by atoms with E-state index in [0.717, 1.165) is 0 Å². The number of hydrogen-bond acceptors (Lipinski definition) is 1. The smallest absolute Gasteiger partial charge is 0.179 e. The van der Waals surface area contributed by atoms with Crippen LogP contribution in [-0.4, -0.2) is 11.7 Å². The minimum absolute atomic E-state index is 0.0428. The van der Waals surface area contributed by atoms with Crippen molar-refractivity contribution in [2.75, 3.05) is 5.88 Å². The molecule has 0 unspecified atom stereocenters. The van der Waals surface area contributed by atoms with E-state index in [9.17, 15) is 4.79 Å². The highest BCUT2D eigenvalue weighted by Gasteiger charge is 2.13. The summed E-state index contributed by atoms with van der Waals surface area (Å²) in [7, 11) is 0. The first kappa shape index (κ1) is 11.5. The molecule has 70 valence electrons. The number of carbonyl (C=O) groups is 1. The van der Waals surface area contributed by atoms with Crippen molar-refractivity contribution >= 4 is 60.8 Å². The Hall–Kier alpha value is 0.430. The number of ketones is 1. The molecule has 0 radical (unpaired) electrons. The molecular formula is C8H4Br2Cl2O. The highest BCUT2D eigenvalue weighted by Crippen LogP contribution is 2.30. The summed E-state index contributed by atoms with van der Waals surface area (Å²) in [6, 6.07) is 3.32. The van der Waals surface area contributed by atoms with Crippen molar-refractivity contribution in [1.29, 1.82) is 0 Å². The highest BCUT2D eigenvalue weighted by atomic mass is 79.9. The second-order valence-electron chi connectivity index (χ2n) is 2.30. The van der Waals surface area contributed by atoms with Crippen LogP contribution in [0.5, 0.6) is 0 Å². The van der Waals surface area contributed by atoms with Crippen LogP contribution in [0.4, 0.5) is 0 Å². The maximum Gasteiger partial charge on any atom is 0.179 e. The third-order valence-corrected chi connectivity index (χ3v) is 3.12. The summed E-state index contributed by atoms with van der Waals surface area (Å²) >= 11 is 17.7. The topological polar surface area (TPSA) is 17.1 Å². The van der Waals surface area contributed by atoms with Crippen molar-refractivity contribution < 1.29 is 4.79 Å². The zero-order valence-electron chi connectivity index (χ0n) is 6.28. The third-order valence-electron chi connectivity index (χ3n) is 1.41. The Balaban J connectivity index is 3.28. The fourth-order valence-corrected chi connectivity index (χ4v) is 3.12. The summed E-state index contributed by atoms with van der Waals surface area (Å²) < 4.78 is 1.30. The van der Waals surface area contributed by atoms with E-state index < -0.39 is 0 Å². The number of benzene rings is 1. The van der Waals surface area contributed by atoms with Gasteiger partial charge in [0, 0.05) is 19.5 Å². The van der Waals surface area contributed by atoms with Gasteiger partial charge in [0.1, 0.15) is 0 Å². The Labute approximate surface area is 103 Å². The van der Waals surface area contributed by atoms with E-state index in [1.165, 1.54) is 0 Å². The molecule has 0 aromatic heterocycles. The number of halogens is 4. The Morgan fingerprint density at radius 3 is 2.15 bits per heavy atom. The normalized spacial score (nSPS) is 10.2. The summed E-state index contributed by atoms with van der Waals surface area (Å²) in [5, 5.41) is 0.560. The lowest BCUT2D eigenvalue weighted by molar-refractivity contribution is 0.101. The monoisotopic (exact) mass is 344 g/mol. The first-order valence-corrected chi connectivity index (χ1v) is 5.80. The van der Waals surface area contributed by atoms with Crippen molar-refractivity contribution in [3.05, 3.63) is 31.7 Å². The molecule has 1 aromatic rings. The van der Waals surface area contributed by atoms with Crippen LogP contribution in [0.25, 0.3) is 0 Å². The standard InChI is InChI=1S/C8H4Br2Cl2O/c9-5-1-4(12)2-6(10)8(5)7(13)3-11/h1-2H,3H2. The molecule has 1 aromatic carbocycles. The molecule has 1 nitrogen and oxygen atoms in total. The molecule has 0 saturated carbocycles. The lowest BCUT2D eigenvalue weighted by Crippen LogP contribution is -2.02. The molecule has 0 N–H and O–H groups in total. The van der Waals surface area contributed by atoms with E-state index in [4.69, 9.17) is 23.2 Å². The Morgan fingerprint density at radius 2 is 1.77 bits per heavy atom. The van der Waals surface area contributed by atoms with Crippen LogP contribution in [0.15, 0.2) is 21.1 Å². The van der Waals surface area contributed by atoms with E-state index in [2.05, 4.69) is 31.9 Å². The molecule has 0 aliphatic heterocycles. The second kappa shape index (κ2) is 4.78. The van der Waals surface area contributed by atoms with Crippen LogP contribution in [-0.2, 0) is 0 Å². The Morgan fingerprint density at radius 1 is 1.31 bits per heavy atom. The molecule has 0 fully saturated rings. The molecule has 13 heavy (non-hydrogen) atoms. The number of hydrogen-bond donors (Lipinski definition) is 0. The van der Waals surface area contributed by atoms with Gasteiger partial charge in [-0.25, -0.2) is 0 Å². The second-order valence-corrected chi connectivity index (χ2v) is 4.71.